The van der Waals surface area contributed by atoms with E-state index in [1.165, 1.54) is 12.0 Å². The third kappa shape index (κ3) is 1.48. The highest BCUT2D eigenvalue weighted by Gasteiger charge is 2.07. The fourth-order valence-electron chi connectivity index (χ4n) is 1.32. The molecule has 0 aromatic heterocycles. The van der Waals surface area contributed by atoms with E-state index in [1.54, 1.807) is 5.57 Å². The van der Waals surface area contributed by atoms with Gasteiger partial charge in [-0.15, -0.1) is 0 Å². The van der Waals surface area contributed by atoms with E-state index in [0.717, 1.165) is 13.1 Å². The van der Waals surface area contributed by atoms with Crippen molar-refractivity contribution in [1.29, 1.82) is 0 Å². The molecule has 1 aliphatic heterocycles. The Hall–Kier alpha value is -0.560. The lowest BCUT2D eigenvalue weighted by Crippen LogP contribution is -2.08. The van der Waals surface area contributed by atoms with Crippen LogP contribution in [0.25, 0.3) is 0 Å². The minimum absolute atomic E-state index is 1.06. The van der Waals surface area contributed by atoms with Crippen LogP contribution in [-0.2, 0) is 0 Å². The van der Waals surface area contributed by atoms with Gasteiger partial charge in [-0.05, 0) is 18.9 Å². The average Bonchev–Trinajstić information content (AvgIpc) is 2.36. The van der Waals surface area contributed by atoms with E-state index in [4.69, 9.17) is 0 Å². The maximum Gasteiger partial charge on any atom is 0.0208 e. The molecule has 1 heteroatoms. The first-order valence-corrected chi connectivity index (χ1v) is 3.92. The fraction of sp³-hybridized carbons (Fsp3) is 0.556. The van der Waals surface area contributed by atoms with Crippen LogP contribution in [0, 0.1) is 0 Å². The largest absolute Gasteiger partial charge is 0.309 e. The lowest BCUT2D eigenvalue weighted by Gasteiger charge is -1.95. The summed E-state index contributed by atoms with van der Waals surface area (Å²) in [6, 6.07) is 0. The highest BCUT2D eigenvalue weighted by atomic mass is 14.9. The second kappa shape index (κ2) is 3.57. The minimum Gasteiger partial charge on any atom is -0.309 e. The van der Waals surface area contributed by atoms with Crippen molar-refractivity contribution in [3.05, 3.63) is 23.3 Å². The predicted octanol–water partition coefficient (Wildman–Crippen LogP) is 1.87. The summed E-state index contributed by atoms with van der Waals surface area (Å²) >= 11 is 0. The van der Waals surface area contributed by atoms with Crippen molar-refractivity contribution in [2.24, 2.45) is 0 Å². The van der Waals surface area contributed by atoms with Crippen molar-refractivity contribution in [3.63, 3.8) is 0 Å². The molecule has 0 spiro atoms. The highest BCUT2D eigenvalue weighted by molar-refractivity contribution is 5.31. The van der Waals surface area contributed by atoms with Gasteiger partial charge in [0, 0.05) is 13.1 Å². The SMILES string of the molecule is C/C=C\C1=C(CC)CNC1. The van der Waals surface area contributed by atoms with Gasteiger partial charge in [0.05, 0.1) is 0 Å². The van der Waals surface area contributed by atoms with Gasteiger partial charge in [0.25, 0.3) is 0 Å². The molecule has 1 rings (SSSR count). The molecule has 1 nitrogen and oxygen atoms in total. The van der Waals surface area contributed by atoms with Crippen LogP contribution in [0.15, 0.2) is 23.3 Å². The quantitative estimate of drug-likeness (QED) is 0.612. The van der Waals surface area contributed by atoms with Crippen LogP contribution in [0.3, 0.4) is 0 Å². The summed E-state index contributed by atoms with van der Waals surface area (Å²) in [6.07, 6.45) is 5.50. The van der Waals surface area contributed by atoms with E-state index in [1.807, 2.05) is 0 Å². The molecule has 56 valence electrons. The Morgan fingerprint density at radius 1 is 1.50 bits per heavy atom. The van der Waals surface area contributed by atoms with E-state index < -0.39 is 0 Å². The molecule has 0 atom stereocenters. The smallest absolute Gasteiger partial charge is 0.0208 e. The topological polar surface area (TPSA) is 12.0 Å². The first-order chi connectivity index (χ1) is 4.88. The van der Waals surface area contributed by atoms with Crippen LogP contribution in [0.5, 0.6) is 0 Å². The maximum atomic E-state index is 3.33. The van der Waals surface area contributed by atoms with Crippen LogP contribution in [0.2, 0.25) is 0 Å². The Kier molecular flexibility index (Phi) is 2.69. The molecule has 0 aromatic carbocycles. The zero-order valence-corrected chi connectivity index (χ0v) is 6.78. The van der Waals surface area contributed by atoms with Crippen molar-refractivity contribution in [2.75, 3.05) is 13.1 Å². The lowest BCUT2D eigenvalue weighted by atomic mass is 10.1. The number of hydrogen-bond acceptors (Lipinski definition) is 1. The molecule has 0 radical (unpaired) electrons. The Balaban J connectivity index is 2.68. The van der Waals surface area contributed by atoms with Crippen LogP contribution in [0.1, 0.15) is 20.3 Å². The molecule has 0 unspecified atom stereocenters. The Morgan fingerprint density at radius 3 is 2.90 bits per heavy atom. The molecular formula is C9H15N. The van der Waals surface area contributed by atoms with Crippen molar-refractivity contribution in [1.82, 2.24) is 5.32 Å². The molecule has 0 aliphatic carbocycles. The standard InChI is InChI=1S/C9H15N/c1-3-5-9-7-10-6-8(9)4-2/h3,5,10H,4,6-7H2,1-2H3/b5-3-. The van der Waals surface area contributed by atoms with Crippen molar-refractivity contribution < 1.29 is 0 Å². The maximum absolute atomic E-state index is 3.33. The van der Waals surface area contributed by atoms with Gasteiger partial charge >= 0.3 is 0 Å². The van der Waals surface area contributed by atoms with Gasteiger partial charge in [-0.3, -0.25) is 0 Å². The zero-order chi connectivity index (χ0) is 7.40. The van der Waals surface area contributed by atoms with Gasteiger partial charge in [0.15, 0.2) is 0 Å². The van der Waals surface area contributed by atoms with Gasteiger partial charge in [-0.1, -0.05) is 24.6 Å². The van der Waals surface area contributed by atoms with Gasteiger partial charge in [-0.2, -0.15) is 0 Å². The van der Waals surface area contributed by atoms with Gasteiger partial charge in [0.1, 0.15) is 0 Å². The molecule has 0 bridgehead atoms. The summed E-state index contributed by atoms with van der Waals surface area (Å²) in [7, 11) is 0. The van der Waals surface area contributed by atoms with Crippen LogP contribution in [-0.4, -0.2) is 13.1 Å². The van der Waals surface area contributed by atoms with Crippen LogP contribution in [0.4, 0.5) is 0 Å². The van der Waals surface area contributed by atoms with E-state index in [-0.39, 0.29) is 0 Å². The normalized spacial score (nSPS) is 19.4. The molecule has 0 saturated heterocycles. The lowest BCUT2D eigenvalue weighted by molar-refractivity contribution is 0.853. The molecule has 1 N–H and O–H groups in total. The summed E-state index contributed by atoms with van der Waals surface area (Å²) in [4.78, 5) is 0. The molecule has 0 amide bonds. The predicted molar refractivity (Wildman–Crippen MR) is 45.0 cm³/mol. The van der Waals surface area contributed by atoms with Gasteiger partial charge in [0.2, 0.25) is 0 Å². The number of nitrogens with one attached hydrogen (secondary N) is 1. The minimum atomic E-state index is 1.06. The molecule has 0 saturated carbocycles. The molecular weight excluding hydrogens is 122 g/mol. The molecule has 10 heavy (non-hydrogen) atoms. The van der Waals surface area contributed by atoms with Crippen molar-refractivity contribution in [3.8, 4) is 0 Å². The van der Waals surface area contributed by atoms with E-state index in [0.29, 0.717) is 0 Å². The Labute approximate surface area is 62.8 Å². The van der Waals surface area contributed by atoms with E-state index in [9.17, 15) is 0 Å². The van der Waals surface area contributed by atoms with E-state index >= 15 is 0 Å². The molecule has 0 aromatic rings. The number of rotatable bonds is 2. The summed E-state index contributed by atoms with van der Waals surface area (Å²) < 4.78 is 0. The Morgan fingerprint density at radius 2 is 2.30 bits per heavy atom. The Bertz CT molecular complexity index is 166. The molecule has 1 heterocycles. The average molecular weight is 137 g/mol. The van der Waals surface area contributed by atoms with Crippen LogP contribution < -0.4 is 5.32 Å². The van der Waals surface area contributed by atoms with Gasteiger partial charge < -0.3 is 5.32 Å². The van der Waals surface area contributed by atoms with Crippen molar-refractivity contribution >= 4 is 0 Å². The third-order valence-electron chi connectivity index (χ3n) is 1.90. The number of allylic oxidation sites excluding steroid dienone is 1. The van der Waals surface area contributed by atoms with Gasteiger partial charge in [-0.25, -0.2) is 0 Å². The highest BCUT2D eigenvalue weighted by Crippen LogP contribution is 2.13. The molecule has 0 fully saturated rings. The summed E-state index contributed by atoms with van der Waals surface area (Å²) in [6.45, 7) is 6.44. The second-order valence-corrected chi connectivity index (χ2v) is 2.59. The fourth-order valence-corrected chi connectivity index (χ4v) is 1.32. The van der Waals surface area contributed by atoms with Crippen molar-refractivity contribution in [2.45, 2.75) is 20.3 Å². The first-order valence-electron chi connectivity index (χ1n) is 3.92. The molecule has 1 aliphatic rings. The van der Waals surface area contributed by atoms with E-state index in [2.05, 4.69) is 31.3 Å². The summed E-state index contributed by atoms with van der Waals surface area (Å²) in [5.41, 5.74) is 3.06. The second-order valence-electron chi connectivity index (χ2n) is 2.59. The monoisotopic (exact) mass is 137 g/mol. The summed E-state index contributed by atoms with van der Waals surface area (Å²) in [5, 5.41) is 3.33. The van der Waals surface area contributed by atoms with Crippen LogP contribution >= 0.6 is 0 Å². The first kappa shape index (κ1) is 7.55. The summed E-state index contributed by atoms with van der Waals surface area (Å²) in [5.74, 6) is 0. The third-order valence-corrected chi connectivity index (χ3v) is 1.90. The zero-order valence-electron chi connectivity index (χ0n) is 6.78. The number of hydrogen-bond donors (Lipinski definition) is 1.